The van der Waals surface area contributed by atoms with E-state index in [4.69, 9.17) is 0 Å². The average molecular weight is 391 g/mol. The smallest absolute Gasteiger partial charge is 0.0210 e. The van der Waals surface area contributed by atoms with Crippen LogP contribution in [0.15, 0.2) is 21.1 Å². The maximum absolute atomic E-state index is 3.66. The van der Waals surface area contributed by atoms with Gasteiger partial charge < -0.3 is 5.32 Å². The molecular weight excluding hydrogens is 366 g/mol. The molecule has 0 aliphatic heterocycles. The molecule has 0 atom stereocenters. The van der Waals surface area contributed by atoms with Gasteiger partial charge in [-0.1, -0.05) is 51.6 Å². The molecule has 0 spiro atoms. The second-order valence-electron chi connectivity index (χ2n) is 5.11. The van der Waals surface area contributed by atoms with Gasteiger partial charge in [-0.15, -0.1) is 0 Å². The van der Waals surface area contributed by atoms with Gasteiger partial charge in [-0.05, 0) is 69.0 Å². The maximum Gasteiger partial charge on any atom is 0.0210 e. The van der Waals surface area contributed by atoms with Crippen molar-refractivity contribution < 1.29 is 0 Å². The quantitative estimate of drug-likeness (QED) is 0.539. The fraction of sp³-hybridized carbons (Fsp3) is 0.625. The lowest BCUT2D eigenvalue weighted by atomic mass is 10.0. The molecule has 0 saturated carbocycles. The Morgan fingerprint density at radius 3 is 2.42 bits per heavy atom. The molecule has 0 amide bonds. The van der Waals surface area contributed by atoms with Gasteiger partial charge in [0.1, 0.15) is 0 Å². The summed E-state index contributed by atoms with van der Waals surface area (Å²) >= 11 is 7.27. The van der Waals surface area contributed by atoms with Gasteiger partial charge in [-0.25, -0.2) is 0 Å². The number of halogens is 2. The predicted octanol–water partition coefficient (Wildman–Crippen LogP) is 5.62. The molecule has 1 nitrogen and oxygen atoms in total. The molecule has 0 bridgehead atoms. The molecule has 108 valence electrons. The van der Waals surface area contributed by atoms with Crippen molar-refractivity contribution in [1.29, 1.82) is 0 Å². The Hall–Kier alpha value is 0.140. The van der Waals surface area contributed by atoms with Gasteiger partial charge in [0.25, 0.3) is 0 Å². The van der Waals surface area contributed by atoms with Crippen molar-refractivity contribution in [2.24, 2.45) is 0 Å². The first kappa shape index (κ1) is 17.2. The summed E-state index contributed by atoms with van der Waals surface area (Å²) in [5, 5.41) is 3.45. The Morgan fingerprint density at radius 1 is 0.947 bits per heavy atom. The molecule has 1 N–H and O–H groups in total. The van der Waals surface area contributed by atoms with Gasteiger partial charge >= 0.3 is 0 Å². The van der Waals surface area contributed by atoms with Gasteiger partial charge in [0.05, 0.1) is 0 Å². The van der Waals surface area contributed by atoms with Crippen molar-refractivity contribution in [2.75, 3.05) is 13.1 Å². The van der Waals surface area contributed by atoms with E-state index in [1.807, 2.05) is 0 Å². The minimum atomic E-state index is 1.16. The van der Waals surface area contributed by atoms with Gasteiger partial charge in [-0.3, -0.25) is 0 Å². The number of hydrogen-bond donors (Lipinski definition) is 1. The predicted molar refractivity (Wildman–Crippen MR) is 91.9 cm³/mol. The summed E-state index contributed by atoms with van der Waals surface area (Å²) in [5.41, 5.74) is 2.71. The molecule has 0 unspecified atom stereocenters. The van der Waals surface area contributed by atoms with Crippen molar-refractivity contribution >= 4 is 31.9 Å². The summed E-state index contributed by atoms with van der Waals surface area (Å²) in [6.45, 7) is 6.67. The van der Waals surface area contributed by atoms with Crippen LogP contribution in [-0.2, 0) is 6.42 Å². The zero-order valence-corrected chi connectivity index (χ0v) is 15.2. The van der Waals surface area contributed by atoms with Gasteiger partial charge in [-0.2, -0.15) is 0 Å². The van der Waals surface area contributed by atoms with Crippen LogP contribution < -0.4 is 5.32 Å². The third kappa shape index (κ3) is 6.92. The Labute approximate surface area is 134 Å². The van der Waals surface area contributed by atoms with Crippen LogP contribution in [0.2, 0.25) is 0 Å². The molecular formula is C16H25Br2N. The average Bonchev–Trinajstić information content (AvgIpc) is 2.38. The van der Waals surface area contributed by atoms with E-state index in [0.29, 0.717) is 0 Å². The number of aryl methyl sites for hydroxylation is 2. The Morgan fingerprint density at radius 2 is 1.68 bits per heavy atom. The summed E-state index contributed by atoms with van der Waals surface area (Å²) in [6, 6.07) is 4.45. The van der Waals surface area contributed by atoms with Crippen molar-refractivity contribution in [2.45, 2.75) is 52.4 Å². The minimum Gasteiger partial charge on any atom is -0.317 e. The summed E-state index contributed by atoms with van der Waals surface area (Å²) in [7, 11) is 0. The summed E-state index contributed by atoms with van der Waals surface area (Å²) in [4.78, 5) is 0. The van der Waals surface area contributed by atoms with E-state index in [0.717, 1.165) is 6.54 Å². The fourth-order valence-corrected chi connectivity index (χ4v) is 3.15. The molecule has 0 saturated heterocycles. The van der Waals surface area contributed by atoms with E-state index in [9.17, 15) is 0 Å². The van der Waals surface area contributed by atoms with Gasteiger partial charge in [0.15, 0.2) is 0 Å². The highest BCUT2D eigenvalue weighted by Gasteiger charge is 2.03. The van der Waals surface area contributed by atoms with E-state index in [-0.39, 0.29) is 0 Å². The zero-order valence-electron chi connectivity index (χ0n) is 12.1. The topological polar surface area (TPSA) is 12.0 Å². The van der Waals surface area contributed by atoms with E-state index in [2.05, 4.69) is 63.2 Å². The molecule has 19 heavy (non-hydrogen) atoms. The largest absolute Gasteiger partial charge is 0.317 e. The van der Waals surface area contributed by atoms with Crippen LogP contribution in [0.25, 0.3) is 0 Å². The molecule has 1 rings (SSSR count). The van der Waals surface area contributed by atoms with Crippen molar-refractivity contribution in [3.8, 4) is 0 Å². The number of unbranched alkanes of at least 4 members (excludes halogenated alkanes) is 3. The molecule has 0 aromatic heterocycles. The number of nitrogens with one attached hydrogen (secondary N) is 1. The Bertz CT molecular complexity index is 377. The van der Waals surface area contributed by atoms with Crippen LogP contribution in [0, 0.1) is 6.92 Å². The van der Waals surface area contributed by atoms with Crippen LogP contribution in [-0.4, -0.2) is 13.1 Å². The summed E-state index contributed by atoms with van der Waals surface area (Å²) in [6.07, 6.45) is 7.64. The normalized spacial score (nSPS) is 10.9. The van der Waals surface area contributed by atoms with E-state index < -0.39 is 0 Å². The van der Waals surface area contributed by atoms with Gasteiger partial charge in [0, 0.05) is 8.95 Å². The number of benzene rings is 1. The van der Waals surface area contributed by atoms with Crippen LogP contribution in [0.1, 0.15) is 50.2 Å². The van der Waals surface area contributed by atoms with E-state index >= 15 is 0 Å². The number of hydrogen-bond acceptors (Lipinski definition) is 1. The highest BCUT2D eigenvalue weighted by molar-refractivity contribution is 9.11. The van der Waals surface area contributed by atoms with E-state index in [1.54, 1.807) is 0 Å². The molecule has 1 aromatic rings. The first-order valence-electron chi connectivity index (χ1n) is 7.30. The summed E-state index contributed by atoms with van der Waals surface area (Å²) in [5.74, 6) is 0. The second-order valence-corrected chi connectivity index (χ2v) is 6.82. The first-order chi connectivity index (χ1) is 9.15. The number of rotatable bonds is 9. The Kier molecular flexibility index (Phi) is 9.01. The first-order valence-corrected chi connectivity index (χ1v) is 8.89. The van der Waals surface area contributed by atoms with Crippen LogP contribution >= 0.6 is 31.9 Å². The SMILES string of the molecule is CCCNCCCCCCc1cc(Br)c(C)cc1Br. The van der Waals surface area contributed by atoms with Crippen molar-refractivity contribution in [3.63, 3.8) is 0 Å². The maximum atomic E-state index is 3.66. The monoisotopic (exact) mass is 389 g/mol. The molecule has 1 aromatic carbocycles. The molecule has 3 heteroatoms. The van der Waals surface area contributed by atoms with Crippen molar-refractivity contribution in [3.05, 3.63) is 32.2 Å². The highest BCUT2D eigenvalue weighted by atomic mass is 79.9. The summed E-state index contributed by atoms with van der Waals surface area (Å²) < 4.78 is 2.47. The van der Waals surface area contributed by atoms with Crippen molar-refractivity contribution in [1.82, 2.24) is 5.32 Å². The molecule has 0 aliphatic carbocycles. The van der Waals surface area contributed by atoms with E-state index in [1.165, 1.54) is 65.1 Å². The lowest BCUT2D eigenvalue weighted by Gasteiger charge is -2.08. The van der Waals surface area contributed by atoms with Gasteiger partial charge in [0.2, 0.25) is 0 Å². The lowest BCUT2D eigenvalue weighted by Crippen LogP contribution is -2.15. The second kappa shape index (κ2) is 9.95. The molecule has 0 radical (unpaired) electrons. The Balaban J connectivity index is 2.17. The minimum absolute atomic E-state index is 1.16. The van der Waals surface area contributed by atoms with Crippen LogP contribution in [0.5, 0.6) is 0 Å². The molecule has 0 heterocycles. The molecule has 0 fully saturated rings. The van der Waals surface area contributed by atoms with Crippen LogP contribution in [0.4, 0.5) is 0 Å². The standard InChI is InChI=1S/C16H25Br2N/c1-3-9-19-10-7-5-4-6-8-14-12-15(17)13(2)11-16(14)18/h11-12,19H,3-10H2,1-2H3. The molecule has 0 aliphatic rings. The zero-order chi connectivity index (χ0) is 14.1. The third-order valence-corrected chi connectivity index (χ3v) is 4.90. The van der Waals surface area contributed by atoms with Crippen LogP contribution in [0.3, 0.4) is 0 Å². The lowest BCUT2D eigenvalue weighted by molar-refractivity contribution is 0.584. The highest BCUT2D eigenvalue weighted by Crippen LogP contribution is 2.26. The fourth-order valence-electron chi connectivity index (χ4n) is 2.10. The third-order valence-electron chi connectivity index (χ3n) is 3.30.